The SMILES string of the molecule is Cc1c(CNCCCN2CCCC2)c2ccccc2n1CC(N)=O. The quantitative estimate of drug-likeness (QED) is 0.729. The van der Waals surface area contributed by atoms with Gasteiger partial charge in [0.1, 0.15) is 6.54 Å². The van der Waals surface area contributed by atoms with Crippen molar-refractivity contribution in [2.24, 2.45) is 5.73 Å². The molecule has 1 fully saturated rings. The van der Waals surface area contributed by atoms with E-state index < -0.39 is 0 Å². The Kier molecular flexibility index (Phi) is 5.53. The number of aromatic nitrogens is 1. The normalized spacial score (nSPS) is 15.4. The van der Waals surface area contributed by atoms with Crippen LogP contribution in [0.1, 0.15) is 30.5 Å². The summed E-state index contributed by atoms with van der Waals surface area (Å²) in [6, 6.07) is 8.24. The first-order valence-corrected chi connectivity index (χ1v) is 8.95. The van der Waals surface area contributed by atoms with E-state index in [1.54, 1.807) is 0 Å². The molecule has 5 nitrogen and oxygen atoms in total. The van der Waals surface area contributed by atoms with Crippen LogP contribution in [-0.2, 0) is 17.9 Å². The predicted molar refractivity (Wildman–Crippen MR) is 97.9 cm³/mol. The summed E-state index contributed by atoms with van der Waals surface area (Å²) in [5.74, 6) is -0.302. The van der Waals surface area contributed by atoms with Gasteiger partial charge in [0.15, 0.2) is 0 Å². The first-order valence-electron chi connectivity index (χ1n) is 8.95. The summed E-state index contributed by atoms with van der Waals surface area (Å²) in [6.45, 7) is 7.88. The minimum absolute atomic E-state index is 0.237. The molecular formula is C19H28N4O. The van der Waals surface area contributed by atoms with Gasteiger partial charge >= 0.3 is 0 Å². The molecule has 0 unspecified atom stereocenters. The minimum atomic E-state index is -0.302. The van der Waals surface area contributed by atoms with Crippen LogP contribution in [0.3, 0.4) is 0 Å². The molecule has 0 saturated carbocycles. The molecule has 1 aliphatic rings. The number of amides is 1. The van der Waals surface area contributed by atoms with Gasteiger partial charge in [-0.25, -0.2) is 0 Å². The molecule has 2 aromatic rings. The molecule has 1 aromatic carbocycles. The van der Waals surface area contributed by atoms with Crippen LogP contribution < -0.4 is 11.1 Å². The van der Waals surface area contributed by atoms with Crippen LogP contribution in [0.15, 0.2) is 24.3 Å². The number of nitrogens with two attached hydrogens (primary N) is 1. The highest BCUT2D eigenvalue weighted by Crippen LogP contribution is 2.25. The zero-order chi connectivity index (χ0) is 16.9. The number of fused-ring (bicyclic) bond motifs is 1. The zero-order valence-electron chi connectivity index (χ0n) is 14.6. The lowest BCUT2D eigenvalue weighted by molar-refractivity contribution is -0.118. The number of para-hydroxylation sites is 1. The fourth-order valence-corrected chi connectivity index (χ4v) is 3.73. The Morgan fingerprint density at radius 1 is 1.25 bits per heavy atom. The van der Waals surface area contributed by atoms with Crippen molar-refractivity contribution in [2.75, 3.05) is 26.2 Å². The predicted octanol–water partition coefficient (Wildman–Crippen LogP) is 2.01. The highest BCUT2D eigenvalue weighted by atomic mass is 16.1. The minimum Gasteiger partial charge on any atom is -0.368 e. The molecule has 1 aromatic heterocycles. The number of carbonyl (C=O) groups excluding carboxylic acids is 1. The maximum Gasteiger partial charge on any atom is 0.237 e. The summed E-state index contributed by atoms with van der Waals surface area (Å²) in [5.41, 5.74) is 8.90. The number of carbonyl (C=O) groups is 1. The van der Waals surface area contributed by atoms with E-state index in [1.807, 2.05) is 16.7 Å². The van der Waals surface area contributed by atoms with Gasteiger partial charge < -0.3 is 20.5 Å². The van der Waals surface area contributed by atoms with E-state index in [4.69, 9.17) is 5.73 Å². The van der Waals surface area contributed by atoms with Gasteiger partial charge in [0.05, 0.1) is 0 Å². The third-order valence-corrected chi connectivity index (χ3v) is 5.00. The fourth-order valence-electron chi connectivity index (χ4n) is 3.73. The van der Waals surface area contributed by atoms with Crippen LogP contribution in [0, 0.1) is 6.92 Å². The second kappa shape index (κ2) is 7.81. The average molecular weight is 328 g/mol. The lowest BCUT2D eigenvalue weighted by atomic mass is 10.1. The molecule has 130 valence electrons. The number of nitrogens with zero attached hydrogens (tertiary/aromatic N) is 2. The lowest BCUT2D eigenvalue weighted by Gasteiger charge is -2.14. The molecule has 0 atom stereocenters. The van der Waals surface area contributed by atoms with E-state index in [1.165, 1.54) is 49.8 Å². The van der Waals surface area contributed by atoms with Crippen molar-refractivity contribution >= 4 is 16.8 Å². The maximum atomic E-state index is 11.4. The summed E-state index contributed by atoms with van der Waals surface area (Å²) in [7, 11) is 0. The van der Waals surface area contributed by atoms with Gasteiger partial charge in [-0.2, -0.15) is 0 Å². The van der Waals surface area contributed by atoms with Gasteiger partial charge in [-0.3, -0.25) is 4.79 Å². The Morgan fingerprint density at radius 2 is 2.00 bits per heavy atom. The fraction of sp³-hybridized carbons (Fsp3) is 0.526. The van der Waals surface area contributed by atoms with Gasteiger partial charge in [0, 0.05) is 23.1 Å². The maximum absolute atomic E-state index is 11.4. The van der Waals surface area contributed by atoms with E-state index >= 15 is 0 Å². The summed E-state index contributed by atoms with van der Waals surface area (Å²) in [6.07, 6.45) is 3.89. The molecule has 5 heteroatoms. The van der Waals surface area contributed by atoms with Gasteiger partial charge in [-0.05, 0) is 64.0 Å². The van der Waals surface area contributed by atoms with Gasteiger partial charge in [-0.15, -0.1) is 0 Å². The Morgan fingerprint density at radius 3 is 2.75 bits per heavy atom. The van der Waals surface area contributed by atoms with Crippen LogP contribution in [0.25, 0.3) is 10.9 Å². The highest BCUT2D eigenvalue weighted by molar-refractivity contribution is 5.87. The molecule has 1 amide bonds. The number of hydrogen-bond donors (Lipinski definition) is 2. The van der Waals surface area contributed by atoms with Gasteiger partial charge in [-0.1, -0.05) is 18.2 Å². The van der Waals surface area contributed by atoms with Crippen LogP contribution in [0.5, 0.6) is 0 Å². The monoisotopic (exact) mass is 328 g/mol. The van der Waals surface area contributed by atoms with E-state index in [0.29, 0.717) is 0 Å². The van der Waals surface area contributed by atoms with Crippen molar-refractivity contribution in [3.05, 3.63) is 35.5 Å². The Balaban J connectivity index is 1.63. The summed E-state index contributed by atoms with van der Waals surface area (Å²) < 4.78 is 2.03. The molecule has 24 heavy (non-hydrogen) atoms. The summed E-state index contributed by atoms with van der Waals surface area (Å²) >= 11 is 0. The summed E-state index contributed by atoms with van der Waals surface area (Å²) in [5, 5.41) is 4.78. The van der Waals surface area contributed by atoms with Crippen molar-refractivity contribution in [2.45, 2.75) is 39.3 Å². The number of rotatable bonds is 8. The van der Waals surface area contributed by atoms with E-state index in [9.17, 15) is 4.79 Å². The molecule has 3 N–H and O–H groups in total. The largest absolute Gasteiger partial charge is 0.368 e. The van der Waals surface area contributed by atoms with Gasteiger partial charge in [0.2, 0.25) is 5.91 Å². The number of likely N-dealkylation sites (tertiary alicyclic amines) is 1. The number of hydrogen-bond acceptors (Lipinski definition) is 3. The summed E-state index contributed by atoms with van der Waals surface area (Å²) in [4.78, 5) is 13.9. The molecular weight excluding hydrogens is 300 g/mol. The molecule has 1 aliphatic heterocycles. The molecule has 0 spiro atoms. The molecule has 0 bridgehead atoms. The number of nitrogens with one attached hydrogen (secondary N) is 1. The van der Waals surface area contributed by atoms with E-state index in [-0.39, 0.29) is 12.5 Å². The molecule has 0 aliphatic carbocycles. The van der Waals surface area contributed by atoms with Crippen LogP contribution in [0.2, 0.25) is 0 Å². The molecule has 3 rings (SSSR count). The standard InChI is InChI=1S/C19H28N4O/c1-15-17(13-21-9-6-12-22-10-4-5-11-22)16-7-2-3-8-18(16)23(15)14-19(20)24/h2-3,7-8,21H,4-6,9-14H2,1H3,(H2,20,24). The van der Waals surface area contributed by atoms with E-state index in [2.05, 4.69) is 29.3 Å². The zero-order valence-corrected chi connectivity index (χ0v) is 14.6. The Bertz CT molecular complexity index is 701. The van der Waals surface area contributed by atoms with Crippen molar-refractivity contribution in [3.8, 4) is 0 Å². The van der Waals surface area contributed by atoms with Crippen molar-refractivity contribution < 1.29 is 4.79 Å². The topological polar surface area (TPSA) is 63.3 Å². The second-order valence-corrected chi connectivity index (χ2v) is 6.71. The average Bonchev–Trinajstić information content (AvgIpc) is 3.16. The molecule has 0 radical (unpaired) electrons. The number of benzene rings is 1. The third-order valence-electron chi connectivity index (χ3n) is 5.00. The molecule has 2 heterocycles. The number of primary amides is 1. The van der Waals surface area contributed by atoms with Crippen LogP contribution >= 0.6 is 0 Å². The van der Waals surface area contributed by atoms with Crippen LogP contribution in [0.4, 0.5) is 0 Å². The lowest BCUT2D eigenvalue weighted by Crippen LogP contribution is -2.25. The highest BCUT2D eigenvalue weighted by Gasteiger charge is 2.14. The smallest absolute Gasteiger partial charge is 0.237 e. The first kappa shape index (κ1) is 17.0. The Labute approximate surface area is 143 Å². The van der Waals surface area contributed by atoms with E-state index in [0.717, 1.165) is 24.3 Å². The first-order chi connectivity index (χ1) is 11.7. The Hall–Kier alpha value is -1.85. The second-order valence-electron chi connectivity index (χ2n) is 6.71. The molecule has 1 saturated heterocycles. The van der Waals surface area contributed by atoms with Crippen molar-refractivity contribution in [1.82, 2.24) is 14.8 Å². The van der Waals surface area contributed by atoms with Crippen molar-refractivity contribution in [1.29, 1.82) is 0 Å². The van der Waals surface area contributed by atoms with Gasteiger partial charge in [0.25, 0.3) is 0 Å². The van der Waals surface area contributed by atoms with Crippen LogP contribution in [-0.4, -0.2) is 41.6 Å². The van der Waals surface area contributed by atoms with Crippen molar-refractivity contribution in [3.63, 3.8) is 0 Å². The third kappa shape index (κ3) is 3.79.